The Morgan fingerprint density at radius 3 is 2.54 bits per heavy atom. The molecule has 3 rings (SSSR count). The lowest BCUT2D eigenvalue weighted by molar-refractivity contribution is 0.581. The number of rotatable bonds is 5. The second-order valence-electron chi connectivity index (χ2n) is 5.43. The van der Waals surface area contributed by atoms with Crippen molar-refractivity contribution in [2.45, 2.75) is 18.4 Å². The van der Waals surface area contributed by atoms with Gasteiger partial charge in [0.15, 0.2) is 0 Å². The summed E-state index contributed by atoms with van der Waals surface area (Å²) in [4.78, 5) is 8.57. The Labute approximate surface area is 141 Å². The van der Waals surface area contributed by atoms with E-state index in [9.17, 15) is 8.42 Å². The highest BCUT2D eigenvalue weighted by Crippen LogP contribution is 2.17. The van der Waals surface area contributed by atoms with Gasteiger partial charge in [0.2, 0.25) is 10.0 Å². The quantitative estimate of drug-likeness (QED) is 0.776. The van der Waals surface area contributed by atoms with Crippen LogP contribution in [-0.4, -0.2) is 18.4 Å². The van der Waals surface area contributed by atoms with Crippen LogP contribution in [0.15, 0.2) is 72.0 Å². The summed E-state index contributed by atoms with van der Waals surface area (Å²) in [5, 5.41) is 0. The number of nitrogens with one attached hydrogen (secondary N) is 1. The molecule has 0 atom stereocenters. The van der Waals surface area contributed by atoms with E-state index >= 15 is 0 Å². The minimum Gasteiger partial charge on any atom is -0.265 e. The molecule has 3 aromatic rings. The number of sulfonamides is 1. The van der Waals surface area contributed by atoms with Crippen molar-refractivity contribution >= 4 is 10.0 Å². The maximum absolute atomic E-state index is 12.4. The molecule has 0 aliphatic rings. The molecule has 0 spiro atoms. The molecule has 0 amide bonds. The first-order chi connectivity index (χ1) is 11.5. The Morgan fingerprint density at radius 2 is 1.79 bits per heavy atom. The predicted molar refractivity (Wildman–Crippen MR) is 92.7 cm³/mol. The van der Waals surface area contributed by atoms with E-state index in [1.807, 2.05) is 31.2 Å². The van der Waals surface area contributed by atoms with Gasteiger partial charge in [-0.25, -0.2) is 13.1 Å². The maximum Gasteiger partial charge on any atom is 0.240 e. The smallest absolute Gasteiger partial charge is 0.240 e. The van der Waals surface area contributed by atoms with Gasteiger partial charge >= 0.3 is 0 Å². The van der Waals surface area contributed by atoms with Gasteiger partial charge < -0.3 is 0 Å². The van der Waals surface area contributed by atoms with E-state index in [1.54, 1.807) is 42.9 Å². The molecule has 1 N–H and O–H groups in total. The van der Waals surface area contributed by atoms with E-state index < -0.39 is 10.0 Å². The lowest BCUT2D eigenvalue weighted by atomic mass is 10.1. The third-order valence-corrected chi connectivity index (χ3v) is 4.97. The lowest BCUT2D eigenvalue weighted by Gasteiger charge is -2.08. The first-order valence-corrected chi connectivity index (χ1v) is 8.94. The van der Waals surface area contributed by atoms with E-state index in [0.29, 0.717) is 0 Å². The summed E-state index contributed by atoms with van der Waals surface area (Å²) < 4.78 is 27.4. The molecule has 0 unspecified atom stereocenters. The molecule has 122 valence electrons. The number of hydrogen-bond acceptors (Lipinski definition) is 4. The summed E-state index contributed by atoms with van der Waals surface area (Å²) in [6, 6.07) is 14.2. The highest BCUT2D eigenvalue weighted by atomic mass is 32.2. The summed E-state index contributed by atoms with van der Waals surface area (Å²) in [6.07, 6.45) is 5.07. The molecule has 0 radical (unpaired) electrons. The molecule has 2 aromatic heterocycles. The Balaban J connectivity index is 1.78. The van der Waals surface area contributed by atoms with Gasteiger partial charge in [0, 0.05) is 30.7 Å². The zero-order valence-electron chi connectivity index (χ0n) is 13.2. The standard InChI is InChI=1S/C18H17N3O2S/c1-14-3-2-4-17(11-14)24(22,23)21-13-15-5-10-20-18(12-15)16-6-8-19-9-7-16/h2-12,21H,13H2,1H3. The van der Waals surface area contributed by atoms with Gasteiger partial charge in [-0.1, -0.05) is 12.1 Å². The fourth-order valence-electron chi connectivity index (χ4n) is 2.31. The van der Waals surface area contributed by atoms with E-state index in [4.69, 9.17) is 0 Å². The van der Waals surface area contributed by atoms with Gasteiger partial charge in [-0.2, -0.15) is 0 Å². The van der Waals surface area contributed by atoms with Crippen molar-refractivity contribution in [1.82, 2.24) is 14.7 Å². The van der Waals surface area contributed by atoms with Crippen molar-refractivity contribution < 1.29 is 8.42 Å². The van der Waals surface area contributed by atoms with E-state index in [-0.39, 0.29) is 11.4 Å². The van der Waals surface area contributed by atoms with Crippen LogP contribution in [0.1, 0.15) is 11.1 Å². The molecule has 0 saturated carbocycles. The molecular weight excluding hydrogens is 322 g/mol. The molecule has 6 heteroatoms. The van der Waals surface area contributed by atoms with E-state index in [0.717, 1.165) is 22.4 Å². The van der Waals surface area contributed by atoms with Crippen molar-refractivity contribution in [2.24, 2.45) is 0 Å². The molecule has 0 fully saturated rings. The summed E-state index contributed by atoms with van der Waals surface area (Å²) >= 11 is 0. The Hall–Kier alpha value is -2.57. The van der Waals surface area contributed by atoms with Gasteiger partial charge in [0.25, 0.3) is 0 Å². The largest absolute Gasteiger partial charge is 0.265 e. The van der Waals surface area contributed by atoms with Crippen LogP contribution in [0, 0.1) is 6.92 Å². The molecule has 1 aromatic carbocycles. The third kappa shape index (κ3) is 3.84. The maximum atomic E-state index is 12.4. The van der Waals surface area contributed by atoms with Crippen LogP contribution in [-0.2, 0) is 16.6 Å². The van der Waals surface area contributed by atoms with Gasteiger partial charge in [-0.05, 0) is 54.4 Å². The average Bonchev–Trinajstić information content (AvgIpc) is 2.61. The van der Waals surface area contributed by atoms with Crippen LogP contribution in [0.3, 0.4) is 0 Å². The Kier molecular flexibility index (Phi) is 4.69. The minimum absolute atomic E-state index is 0.205. The van der Waals surface area contributed by atoms with Gasteiger partial charge in [-0.3, -0.25) is 9.97 Å². The second kappa shape index (κ2) is 6.90. The molecule has 24 heavy (non-hydrogen) atoms. The third-order valence-electron chi connectivity index (χ3n) is 3.57. The van der Waals surface area contributed by atoms with Crippen LogP contribution in [0.5, 0.6) is 0 Å². The number of hydrogen-bond donors (Lipinski definition) is 1. The number of benzene rings is 1. The summed E-state index contributed by atoms with van der Waals surface area (Å²) in [5.74, 6) is 0. The highest BCUT2D eigenvalue weighted by Gasteiger charge is 2.13. The van der Waals surface area contributed by atoms with Crippen molar-refractivity contribution in [1.29, 1.82) is 0 Å². The van der Waals surface area contributed by atoms with Crippen LogP contribution in [0.25, 0.3) is 11.3 Å². The van der Waals surface area contributed by atoms with Gasteiger partial charge in [0.05, 0.1) is 10.6 Å². The fraction of sp³-hybridized carbons (Fsp3) is 0.111. The zero-order valence-corrected chi connectivity index (χ0v) is 14.0. The summed E-state index contributed by atoms with van der Waals surface area (Å²) in [7, 11) is -3.54. The second-order valence-corrected chi connectivity index (χ2v) is 7.19. The highest BCUT2D eigenvalue weighted by molar-refractivity contribution is 7.89. The van der Waals surface area contributed by atoms with Crippen molar-refractivity contribution in [3.8, 4) is 11.3 Å². The van der Waals surface area contributed by atoms with Gasteiger partial charge in [-0.15, -0.1) is 0 Å². The molecule has 0 bridgehead atoms. The van der Waals surface area contributed by atoms with Crippen molar-refractivity contribution in [3.05, 3.63) is 78.2 Å². The normalized spacial score (nSPS) is 11.4. The average molecular weight is 339 g/mol. The Bertz CT molecular complexity index is 941. The number of nitrogens with zero attached hydrogens (tertiary/aromatic N) is 2. The van der Waals surface area contributed by atoms with Crippen LogP contribution in [0.2, 0.25) is 0 Å². The fourth-order valence-corrected chi connectivity index (χ4v) is 3.43. The lowest BCUT2D eigenvalue weighted by Crippen LogP contribution is -2.23. The van der Waals surface area contributed by atoms with E-state index in [2.05, 4.69) is 14.7 Å². The van der Waals surface area contributed by atoms with Crippen molar-refractivity contribution in [2.75, 3.05) is 0 Å². The summed E-state index contributed by atoms with van der Waals surface area (Å²) in [5.41, 5.74) is 3.47. The minimum atomic E-state index is -3.54. The Morgan fingerprint density at radius 1 is 1.00 bits per heavy atom. The monoisotopic (exact) mass is 339 g/mol. The number of aromatic nitrogens is 2. The first kappa shape index (κ1) is 16.3. The van der Waals surface area contributed by atoms with Crippen LogP contribution in [0.4, 0.5) is 0 Å². The zero-order chi connectivity index (χ0) is 17.0. The molecule has 0 aliphatic carbocycles. The first-order valence-electron chi connectivity index (χ1n) is 7.46. The SMILES string of the molecule is Cc1cccc(S(=O)(=O)NCc2ccnc(-c3ccncc3)c2)c1. The number of aryl methyl sites for hydroxylation is 1. The molecular formula is C18H17N3O2S. The predicted octanol–water partition coefficient (Wildman–Crippen LogP) is 2.93. The molecule has 2 heterocycles. The number of pyridine rings is 2. The topological polar surface area (TPSA) is 72.0 Å². The molecule has 0 saturated heterocycles. The molecule has 5 nitrogen and oxygen atoms in total. The van der Waals surface area contributed by atoms with Crippen molar-refractivity contribution in [3.63, 3.8) is 0 Å². The molecule has 0 aliphatic heterocycles. The van der Waals surface area contributed by atoms with E-state index in [1.165, 1.54) is 0 Å². The van der Waals surface area contributed by atoms with Crippen LogP contribution < -0.4 is 4.72 Å². The van der Waals surface area contributed by atoms with Gasteiger partial charge in [0.1, 0.15) is 0 Å². The van der Waals surface area contributed by atoms with Crippen LogP contribution >= 0.6 is 0 Å². The summed E-state index contributed by atoms with van der Waals surface area (Å²) in [6.45, 7) is 2.07.